The lowest BCUT2D eigenvalue weighted by Crippen LogP contribution is -2.13. The summed E-state index contributed by atoms with van der Waals surface area (Å²) < 4.78 is 11.4. The zero-order valence-corrected chi connectivity index (χ0v) is 16.6. The van der Waals surface area contributed by atoms with Gasteiger partial charge in [-0.1, -0.05) is 71.7 Å². The number of halogens is 2. The first-order valence-electron chi connectivity index (χ1n) is 8.64. The highest BCUT2D eigenvalue weighted by Gasteiger charge is 2.12. The van der Waals surface area contributed by atoms with Gasteiger partial charge in [-0.05, 0) is 34.9 Å². The molecule has 0 saturated carbocycles. The Morgan fingerprint density at radius 3 is 2.30 bits per heavy atom. The predicted molar refractivity (Wildman–Crippen MR) is 111 cm³/mol. The molecule has 3 aromatic carbocycles. The standard InChI is InChI=1S/C22H21Cl2NO2/c1-26-21-12-17(13-25-14-18-9-5-6-10-19(18)23)11-20(24)22(21)27-15-16-7-3-2-4-8-16/h2-12,25H,13-15H2,1H3. The molecule has 0 spiro atoms. The van der Waals surface area contributed by atoms with Gasteiger partial charge in [-0.3, -0.25) is 0 Å². The Hall–Kier alpha value is -2.20. The van der Waals surface area contributed by atoms with Crippen molar-refractivity contribution in [1.82, 2.24) is 5.32 Å². The first kappa shape index (κ1) is 19.6. The Labute approximate surface area is 169 Å². The number of hydrogen-bond donors (Lipinski definition) is 1. The summed E-state index contributed by atoms with van der Waals surface area (Å²) in [5.74, 6) is 1.17. The average molecular weight is 402 g/mol. The van der Waals surface area contributed by atoms with Gasteiger partial charge >= 0.3 is 0 Å². The molecule has 0 aliphatic rings. The third kappa shape index (κ3) is 5.39. The Morgan fingerprint density at radius 1 is 0.815 bits per heavy atom. The van der Waals surface area contributed by atoms with Gasteiger partial charge in [0.05, 0.1) is 12.1 Å². The summed E-state index contributed by atoms with van der Waals surface area (Å²) >= 11 is 12.6. The lowest BCUT2D eigenvalue weighted by Gasteiger charge is -2.15. The molecule has 3 nitrogen and oxygen atoms in total. The molecule has 3 rings (SSSR count). The minimum atomic E-state index is 0.432. The van der Waals surface area contributed by atoms with Crippen molar-refractivity contribution in [1.29, 1.82) is 0 Å². The lowest BCUT2D eigenvalue weighted by molar-refractivity contribution is 0.284. The van der Waals surface area contributed by atoms with Crippen molar-refractivity contribution < 1.29 is 9.47 Å². The SMILES string of the molecule is COc1cc(CNCc2ccccc2Cl)cc(Cl)c1OCc1ccccc1. The summed E-state index contributed by atoms with van der Waals surface area (Å²) in [6, 6.07) is 21.6. The molecule has 0 aliphatic heterocycles. The van der Waals surface area contributed by atoms with E-state index in [0.29, 0.717) is 36.2 Å². The molecule has 1 N–H and O–H groups in total. The number of methoxy groups -OCH3 is 1. The molecular weight excluding hydrogens is 381 g/mol. The molecule has 0 fully saturated rings. The largest absolute Gasteiger partial charge is 0.493 e. The van der Waals surface area contributed by atoms with Crippen LogP contribution < -0.4 is 14.8 Å². The van der Waals surface area contributed by atoms with Crippen LogP contribution in [0.5, 0.6) is 11.5 Å². The van der Waals surface area contributed by atoms with Crippen LogP contribution in [0.25, 0.3) is 0 Å². The van der Waals surface area contributed by atoms with Crippen LogP contribution in [0.3, 0.4) is 0 Å². The van der Waals surface area contributed by atoms with Gasteiger partial charge in [-0.25, -0.2) is 0 Å². The Balaban J connectivity index is 1.65. The molecule has 3 aromatic rings. The number of hydrogen-bond acceptors (Lipinski definition) is 3. The van der Waals surface area contributed by atoms with Gasteiger partial charge in [0.1, 0.15) is 6.61 Å². The first-order valence-corrected chi connectivity index (χ1v) is 9.40. The number of rotatable bonds is 8. The topological polar surface area (TPSA) is 30.5 Å². The molecule has 0 unspecified atom stereocenters. The second kappa shape index (κ2) is 9.65. The van der Waals surface area contributed by atoms with E-state index in [1.54, 1.807) is 7.11 Å². The quantitative estimate of drug-likeness (QED) is 0.511. The van der Waals surface area contributed by atoms with Gasteiger partial charge < -0.3 is 14.8 Å². The lowest BCUT2D eigenvalue weighted by atomic mass is 10.1. The zero-order valence-electron chi connectivity index (χ0n) is 15.0. The second-order valence-electron chi connectivity index (χ2n) is 6.08. The van der Waals surface area contributed by atoms with Crippen LogP contribution in [-0.2, 0) is 19.7 Å². The Kier molecular flexibility index (Phi) is 6.99. The van der Waals surface area contributed by atoms with E-state index in [4.69, 9.17) is 32.7 Å². The smallest absolute Gasteiger partial charge is 0.180 e. The fraction of sp³-hybridized carbons (Fsp3) is 0.182. The summed E-state index contributed by atoms with van der Waals surface area (Å²) in [5, 5.41) is 4.66. The molecule has 27 heavy (non-hydrogen) atoms. The van der Waals surface area contributed by atoms with Crippen molar-refractivity contribution in [2.45, 2.75) is 19.7 Å². The normalized spacial score (nSPS) is 10.6. The van der Waals surface area contributed by atoms with Crippen LogP contribution >= 0.6 is 23.2 Å². The van der Waals surface area contributed by atoms with Gasteiger partial charge in [0.15, 0.2) is 11.5 Å². The van der Waals surface area contributed by atoms with Crippen LogP contribution in [-0.4, -0.2) is 7.11 Å². The molecule has 0 bridgehead atoms. The molecule has 0 aliphatic carbocycles. The van der Waals surface area contributed by atoms with Crippen molar-refractivity contribution in [2.24, 2.45) is 0 Å². The maximum Gasteiger partial charge on any atom is 0.180 e. The zero-order chi connectivity index (χ0) is 19.1. The van der Waals surface area contributed by atoms with Crippen LogP contribution in [0.1, 0.15) is 16.7 Å². The minimum Gasteiger partial charge on any atom is -0.493 e. The first-order chi connectivity index (χ1) is 13.2. The second-order valence-corrected chi connectivity index (χ2v) is 6.89. The fourth-order valence-corrected chi connectivity index (χ4v) is 3.22. The van der Waals surface area contributed by atoms with Crippen molar-refractivity contribution in [3.63, 3.8) is 0 Å². The molecule has 0 amide bonds. The van der Waals surface area contributed by atoms with Crippen LogP contribution in [0.2, 0.25) is 10.0 Å². The summed E-state index contributed by atoms with van der Waals surface area (Å²) in [6.45, 7) is 1.74. The van der Waals surface area contributed by atoms with Gasteiger partial charge in [-0.2, -0.15) is 0 Å². The highest BCUT2D eigenvalue weighted by atomic mass is 35.5. The van der Waals surface area contributed by atoms with Crippen LogP contribution in [0.4, 0.5) is 0 Å². The minimum absolute atomic E-state index is 0.432. The average Bonchev–Trinajstić information content (AvgIpc) is 2.69. The summed E-state index contributed by atoms with van der Waals surface area (Å²) in [5.41, 5.74) is 3.14. The number of benzene rings is 3. The maximum atomic E-state index is 6.45. The summed E-state index contributed by atoms with van der Waals surface area (Å²) in [4.78, 5) is 0. The Bertz CT molecular complexity index is 885. The van der Waals surface area contributed by atoms with Crippen LogP contribution in [0.15, 0.2) is 66.7 Å². The van der Waals surface area contributed by atoms with E-state index in [1.165, 1.54) is 0 Å². The van der Waals surface area contributed by atoms with Gasteiger partial charge in [0, 0.05) is 18.1 Å². The monoisotopic (exact) mass is 401 g/mol. The number of ether oxygens (including phenoxy) is 2. The van der Waals surface area contributed by atoms with E-state index in [1.807, 2.05) is 66.7 Å². The molecule has 0 saturated heterocycles. The van der Waals surface area contributed by atoms with Gasteiger partial charge in [0.25, 0.3) is 0 Å². The van der Waals surface area contributed by atoms with E-state index in [-0.39, 0.29) is 0 Å². The van der Waals surface area contributed by atoms with Crippen LogP contribution in [0, 0.1) is 0 Å². The molecule has 0 atom stereocenters. The molecule has 0 aromatic heterocycles. The molecule has 140 valence electrons. The van der Waals surface area contributed by atoms with Crippen molar-refractivity contribution in [3.8, 4) is 11.5 Å². The molecular formula is C22H21Cl2NO2. The van der Waals surface area contributed by atoms with Crippen molar-refractivity contribution in [2.75, 3.05) is 7.11 Å². The van der Waals surface area contributed by atoms with Crippen molar-refractivity contribution in [3.05, 3.63) is 93.5 Å². The van der Waals surface area contributed by atoms with Gasteiger partial charge in [-0.15, -0.1) is 0 Å². The van der Waals surface area contributed by atoms with Gasteiger partial charge in [0.2, 0.25) is 0 Å². The van der Waals surface area contributed by atoms with Crippen molar-refractivity contribution >= 4 is 23.2 Å². The molecule has 0 heterocycles. The van der Waals surface area contributed by atoms with E-state index in [0.717, 1.165) is 21.7 Å². The third-order valence-electron chi connectivity index (χ3n) is 4.12. The molecule has 0 radical (unpaired) electrons. The maximum absolute atomic E-state index is 6.45. The summed E-state index contributed by atoms with van der Waals surface area (Å²) in [7, 11) is 1.61. The molecule has 5 heteroatoms. The van der Waals surface area contributed by atoms with E-state index in [9.17, 15) is 0 Å². The van der Waals surface area contributed by atoms with E-state index < -0.39 is 0 Å². The Morgan fingerprint density at radius 2 is 1.56 bits per heavy atom. The fourth-order valence-electron chi connectivity index (χ4n) is 2.73. The highest BCUT2D eigenvalue weighted by Crippen LogP contribution is 2.37. The predicted octanol–water partition coefficient (Wildman–Crippen LogP) is 5.87. The number of nitrogens with one attached hydrogen (secondary N) is 1. The van der Waals surface area contributed by atoms with E-state index >= 15 is 0 Å². The highest BCUT2D eigenvalue weighted by molar-refractivity contribution is 6.32. The van der Waals surface area contributed by atoms with E-state index in [2.05, 4.69) is 5.32 Å². The third-order valence-corrected chi connectivity index (χ3v) is 4.77. The summed E-state index contributed by atoms with van der Waals surface area (Å²) in [6.07, 6.45) is 0.